The van der Waals surface area contributed by atoms with E-state index in [-0.39, 0.29) is 6.10 Å². The Morgan fingerprint density at radius 2 is 2.12 bits per heavy atom. The molecule has 1 fully saturated rings. The lowest BCUT2D eigenvalue weighted by Crippen LogP contribution is -2.53. The van der Waals surface area contributed by atoms with Gasteiger partial charge in [0.1, 0.15) is 0 Å². The fourth-order valence-electron chi connectivity index (χ4n) is 2.16. The van der Waals surface area contributed by atoms with Gasteiger partial charge in [0, 0.05) is 38.8 Å². The van der Waals surface area contributed by atoms with Crippen molar-refractivity contribution in [2.45, 2.75) is 39.8 Å². The Morgan fingerprint density at radius 3 is 2.62 bits per heavy atom. The third kappa shape index (κ3) is 4.64. The van der Waals surface area contributed by atoms with Crippen molar-refractivity contribution < 1.29 is 5.11 Å². The van der Waals surface area contributed by atoms with Crippen molar-refractivity contribution >= 4 is 0 Å². The predicted octanol–water partition coefficient (Wildman–Crippen LogP) is 1.34. The van der Waals surface area contributed by atoms with Gasteiger partial charge in [-0.1, -0.05) is 11.6 Å². The monoisotopic (exact) mass is 226 g/mol. The quantitative estimate of drug-likeness (QED) is 0.733. The van der Waals surface area contributed by atoms with Crippen LogP contribution in [0.15, 0.2) is 11.6 Å². The zero-order chi connectivity index (χ0) is 12.1. The molecule has 3 heteroatoms. The summed E-state index contributed by atoms with van der Waals surface area (Å²) >= 11 is 0. The van der Waals surface area contributed by atoms with Crippen molar-refractivity contribution in [3.63, 3.8) is 0 Å². The summed E-state index contributed by atoms with van der Waals surface area (Å²) in [5, 5.41) is 9.40. The van der Waals surface area contributed by atoms with E-state index in [2.05, 4.69) is 36.6 Å². The maximum Gasteiger partial charge on any atom is 0.0639 e. The minimum Gasteiger partial charge on any atom is -0.392 e. The minimum atomic E-state index is -0.216. The normalized spacial score (nSPS) is 25.4. The van der Waals surface area contributed by atoms with Gasteiger partial charge in [0.2, 0.25) is 0 Å². The van der Waals surface area contributed by atoms with Crippen LogP contribution in [0, 0.1) is 0 Å². The molecule has 1 N–H and O–H groups in total. The fourth-order valence-corrected chi connectivity index (χ4v) is 2.16. The second-order valence-electron chi connectivity index (χ2n) is 5.23. The maximum atomic E-state index is 9.40. The van der Waals surface area contributed by atoms with E-state index in [0.717, 1.165) is 32.7 Å². The first kappa shape index (κ1) is 13.7. The Kier molecular flexibility index (Phi) is 5.46. The summed E-state index contributed by atoms with van der Waals surface area (Å²) in [7, 11) is 0. The van der Waals surface area contributed by atoms with Gasteiger partial charge >= 0.3 is 0 Å². The molecule has 0 bridgehead atoms. The lowest BCUT2D eigenvalue weighted by Gasteiger charge is -2.40. The summed E-state index contributed by atoms with van der Waals surface area (Å²) in [6.45, 7) is 13.6. The fraction of sp³-hybridized carbons (Fsp3) is 0.846. The van der Waals surface area contributed by atoms with Crippen LogP contribution in [0.2, 0.25) is 0 Å². The van der Waals surface area contributed by atoms with E-state index in [9.17, 15) is 5.11 Å². The molecule has 1 heterocycles. The van der Waals surface area contributed by atoms with Gasteiger partial charge in [0.15, 0.2) is 0 Å². The molecule has 0 aromatic heterocycles. The van der Waals surface area contributed by atoms with Gasteiger partial charge in [-0.15, -0.1) is 0 Å². The Bertz CT molecular complexity index is 234. The third-order valence-electron chi connectivity index (χ3n) is 3.11. The molecule has 0 aromatic rings. The highest BCUT2D eigenvalue weighted by molar-refractivity contribution is 4.96. The number of rotatable bonds is 4. The SMILES string of the molecule is CC(C)=CCN1CCN(C[C@H](C)O)[C@@H](C)C1. The Hall–Kier alpha value is -0.380. The zero-order valence-electron chi connectivity index (χ0n) is 11.1. The summed E-state index contributed by atoms with van der Waals surface area (Å²) in [6.07, 6.45) is 2.07. The Labute approximate surface area is 99.7 Å². The first-order valence-electron chi connectivity index (χ1n) is 6.27. The maximum absolute atomic E-state index is 9.40. The van der Waals surface area contributed by atoms with Gasteiger partial charge in [0.25, 0.3) is 0 Å². The van der Waals surface area contributed by atoms with Crippen molar-refractivity contribution in [3.8, 4) is 0 Å². The van der Waals surface area contributed by atoms with E-state index in [0.29, 0.717) is 6.04 Å². The molecule has 3 nitrogen and oxygen atoms in total. The third-order valence-corrected chi connectivity index (χ3v) is 3.11. The molecule has 0 amide bonds. The first-order chi connectivity index (χ1) is 7.49. The number of aliphatic hydroxyl groups excluding tert-OH is 1. The Balaban J connectivity index is 2.36. The molecule has 0 spiro atoms. The second kappa shape index (κ2) is 6.38. The standard InChI is InChI=1S/C13H26N2O/c1-11(2)5-6-14-7-8-15(10-13(4)16)12(3)9-14/h5,12-13,16H,6-10H2,1-4H3/t12-,13-/m0/s1. The van der Waals surface area contributed by atoms with E-state index < -0.39 is 0 Å². The molecule has 0 radical (unpaired) electrons. The first-order valence-corrected chi connectivity index (χ1v) is 6.27. The molecular formula is C13H26N2O. The van der Waals surface area contributed by atoms with Crippen LogP contribution in [-0.4, -0.2) is 59.8 Å². The minimum absolute atomic E-state index is 0.216. The van der Waals surface area contributed by atoms with Crippen LogP contribution >= 0.6 is 0 Å². The number of aliphatic hydroxyl groups is 1. The van der Waals surface area contributed by atoms with Gasteiger partial charge < -0.3 is 5.11 Å². The molecule has 1 aliphatic rings. The average Bonchev–Trinajstić information content (AvgIpc) is 2.18. The highest BCUT2D eigenvalue weighted by Crippen LogP contribution is 2.10. The summed E-state index contributed by atoms with van der Waals surface area (Å²) < 4.78 is 0. The topological polar surface area (TPSA) is 26.7 Å². The molecule has 0 saturated carbocycles. The predicted molar refractivity (Wildman–Crippen MR) is 68.6 cm³/mol. The van der Waals surface area contributed by atoms with Gasteiger partial charge in [-0.25, -0.2) is 0 Å². The molecule has 1 aliphatic heterocycles. The molecule has 0 aliphatic carbocycles. The zero-order valence-corrected chi connectivity index (χ0v) is 11.1. The van der Waals surface area contributed by atoms with Crippen molar-refractivity contribution in [2.75, 3.05) is 32.7 Å². The molecule has 94 valence electrons. The van der Waals surface area contributed by atoms with Gasteiger partial charge in [-0.2, -0.15) is 0 Å². The summed E-state index contributed by atoms with van der Waals surface area (Å²) in [6, 6.07) is 0.550. The van der Waals surface area contributed by atoms with E-state index in [1.165, 1.54) is 5.57 Å². The molecule has 0 unspecified atom stereocenters. The second-order valence-corrected chi connectivity index (χ2v) is 5.23. The van der Waals surface area contributed by atoms with Crippen LogP contribution in [0.1, 0.15) is 27.7 Å². The number of β-amino-alcohol motifs (C(OH)–C–C–N with tert-alkyl or cyclic N) is 1. The Morgan fingerprint density at radius 1 is 1.44 bits per heavy atom. The van der Waals surface area contributed by atoms with E-state index in [1.54, 1.807) is 0 Å². The summed E-state index contributed by atoms with van der Waals surface area (Å²) in [5.41, 5.74) is 1.39. The molecule has 0 aromatic carbocycles. The number of hydrogen-bond donors (Lipinski definition) is 1. The van der Waals surface area contributed by atoms with Crippen molar-refractivity contribution in [2.24, 2.45) is 0 Å². The van der Waals surface area contributed by atoms with Crippen LogP contribution < -0.4 is 0 Å². The number of hydrogen-bond acceptors (Lipinski definition) is 3. The highest BCUT2D eigenvalue weighted by atomic mass is 16.3. The van der Waals surface area contributed by atoms with Crippen LogP contribution in [-0.2, 0) is 0 Å². The molecule has 1 rings (SSSR count). The van der Waals surface area contributed by atoms with Crippen molar-refractivity contribution in [1.82, 2.24) is 9.80 Å². The van der Waals surface area contributed by atoms with Gasteiger partial charge in [-0.05, 0) is 27.7 Å². The lowest BCUT2D eigenvalue weighted by atomic mass is 10.1. The largest absolute Gasteiger partial charge is 0.392 e. The molecule has 2 atom stereocenters. The average molecular weight is 226 g/mol. The van der Waals surface area contributed by atoms with E-state index >= 15 is 0 Å². The number of piperazine rings is 1. The van der Waals surface area contributed by atoms with Gasteiger partial charge in [0.05, 0.1) is 6.10 Å². The van der Waals surface area contributed by atoms with Crippen LogP contribution in [0.4, 0.5) is 0 Å². The molecular weight excluding hydrogens is 200 g/mol. The van der Waals surface area contributed by atoms with Gasteiger partial charge in [-0.3, -0.25) is 9.80 Å². The highest BCUT2D eigenvalue weighted by Gasteiger charge is 2.23. The van der Waals surface area contributed by atoms with E-state index in [1.807, 2.05) is 6.92 Å². The number of allylic oxidation sites excluding steroid dienone is 1. The van der Waals surface area contributed by atoms with Crippen molar-refractivity contribution in [3.05, 3.63) is 11.6 Å². The van der Waals surface area contributed by atoms with Crippen LogP contribution in [0.25, 0.3) is 0 Å². The van der Waals surface area contributed by atoms with Crippen LogP contribution in [0.3, 0.4) is 0 Å². The van der Waals surface area contributed by atoms with Crippen LogP contribution in [0.5, 0.6) is 0 Å². The summed E-state index contributed by atoms with van der Waals surface area (Å²) in [5.74, 6) is 0. The summed E-state index contributed by atoms with van der Waals surface area (Å²) in [4.78, 5) is 4.86. The van der Waals surface area contributed by atoms with Crippen molar-refractivity contribution in [1.29, 1.82) is 0 Å². The molecule has 1 saturated heterocycles. The number of nitrogens with zero attached hydrogens (tertiary/aromatic N) is 2. The molecule has 16 heavy (non-hydrogen) atoms. The lowest BCUT2D eigenvalue weighted by molar-refractivity contribution is 0.0494. The van der Waals surface area contributed by atoms with E-state index in [4.69, 9.17) is 0 Å². The smallest absolute Gasteiger partial charge is 0.0639 e.